The number of hydrogen-bond acceptors (Lipinski definition) is 2. The fourth-order valence-electron chi connectivity index (χ4n) is 4.32. The summed E-state index contributed by atoms with van der Waals surface area (Å²) >= 11 is 0. The van der Waals surface area contributed by atoms with E-state index in [4.69, 9.17) is 0 Å². The Morgan fingerprint density at radius 2 is 1.91 bits per heavy atom. The van der Waals surface area contributed by atoms with Crippen molar-refractivity contribution in [3.63, 3.8) is 0 Å². The van der Waals surface area contributed by atoms with Crippen molar-refractivity contribution in [2.45, 2.75) is 46.0 Å². The molecule has 0 amide bonds. The van der Waals surface area contributed by atoms with Crippen LogP contribution in [0, 0.1) is 12.3 Å². The Bertz CT molecular complexity index is 811. The quantitative estimate of drug-likeness (QED) is 0.862. The Morgan fingerprint density at radius 3 is 2.65 bits per heavy atom. The van der Waals surface area contributed by atoms with Crippen molar-refractivity contribution in [1.29, 1.82) is 0 Å². The van der Waals surface area contributed by atoms with Gasteiger partial charge in [0.25, 0.3) is 0 Å². The summed E-state index contributed by atoms with van der Waals surface area (Å²) in [6.07, 6.45) is 2.44. The van der Waals surface area contributed by atoms with Gasteiger partial charge in [0.1, 0.15) is 0 Å². The van der Waals surface area contributed by atoms with Gasteiger partial charge >= 0.3 is 0 Å². The number of nitrogens with zero attached hydrogens (tertiary/aromatic N) is 1. The number of H-pyrrole nitrogens is 1. The number of aromatic nitrogens is 2. The Morgan fingerprint density at radius 1 is 1.17 bits per heavy atom. The third-order valence-corrected chi connectivity index (χ3v) is 5.18. The zero-order valence-corrected chi connectivity index (χ0v) is 13.9. The van der Waals surface area contributed by atoms with Crippen molar-refractivity contribution in [2.75, 3.05) is 0 Å². The number of benzene rings is 1. The average Bonchev–Trinajstić information content (AvgIpc) is 2.86. The van der Waals surface area contributed by atoms with Crippen LogP contribution in [0.4, 0.5) is 0 Å². The molecule has 2 aliphatic rings. The second-order valence-electron chi connectivity index (χ2n) is 7.69. The predicted octanol–water partition coefficient (Wildman–Crippen LogP) is 4.09. The third kappa shape index (κ3) is 2.26. The van der Waals surface area contributed by atoms with Crippen molar-refractivity contribution in [1.82, 2.24) is 10.2 Å². The zero-order chi connectivity index (χ0) is 16.2. The van der Waals surface area contributed by atoms with E-state index in [1.54, 1.807) is 0 Å². The Labute approximate surface area is 136 Å². The molecule has 1 heterocycles. The van der Waals surface area contributed by atoms with Crippen molar-refractivity contribution in [2.24, 2.45) is 5.41 Å². The van der Waals surface area contributed by atoms with Gasteiger partial charge in [-0.2, -0.15) is 5.10 Å². The van der Waals surface area contributed by atoms with E-state index < -0.39 is 0 Å². The van der Waals surface area contributed by atoms with E-state index in [9.17, 15) is 4.79 Å². The molecule has 1 N–H and O–H groups in total. The van der Waals surface area contributed by atoms with Crippen molar-refractivity contribution < 1.29 is 4.79 Å². The molecule has 0 fully saturated rings. The number of allylic oxidation sites excluding steroid dienone is 2. The Balaban J connectivity index is 1.94. The molecule has 23 heavy (non-hydrogen) atoms. The first-order chi connectivity index (χ1) is 11.0. The standard InChI is InChI=1S/C20H22N2O/c1-12-17-15(22-21-12)9-14-10-20(2,3)11-16(23)18(14)19(17)13-7-5-4-6-8-13/h4-8,19H,9-11H2,1-3H3,(H,21,22)/t19-/m0/s1. The lowest BCUT2D eigenvalue weighted by Gasteiger charge is -2.38. The van der Waals surface area contributed by atoms with Gasteiger partial charge < -0.3 is 0 Å². The summed E-state index contributed by atoms with van der Waals surface area (Å²) in [5, 5.41) is 7.66. The van der Waals surface area contributed by atoms with E-state index in [0.29, 0.717) is 12.2 Å². The van der Waals surface area contributed by atoms with E-state index in [0.717, 1.165) is 29.8 Å². The summed E-state index contributed by atoms with van der Waals surface area (Å²) in [6.45, 7) is 6.44. The lowest BCUT2D eigenvalue weighted by molar-refractivity contribution is -0.118. The van der Waals surface area contributed by atoms with Crippen LogP contribution < -0.4 is 0 Å². The van der Waals surface area contributed by atoms with Gasteiger partial charge in [0.2, 0.25) is 0 Å². The molecule has 2 aliphatic carbocycles. The highest BCUT2D eigenvalue weighted by Crippen LogP contribution is 2.49. The van der Waals surface area contributed by atoms with Crippen LogP contribution in [-0.4, -0.2) is 16.0 Å². The number of fused-ring (bicyclic) bond motifs is 1. The predicted molar refractivity (Wildman–Crippen MR) is 90.4 cm³/mol. The molecule has 0 saturated carbocycles. The highest BCUT2D eigenvalue weighted by molar-refractivity contribution is 6.00. The number of hydrogen-bond donors (Lipinski definition) is 1. The number of aryl methyl sites for hydroxylation is 1. The smallest absolute Gasteiger partial charge is 0.160 e. The lowest BCUT2D eigenvalue weighted by atomic mass is 9.65. The fraction of sp³-hybridized carbons (Fsp3) is 0.400. The molecule has 3 heteroatoms. The summed E-state index contributed by atoms with van der Waals surface area (Å²) < 4.78 is 0. The maximum absolute atomic E-state index is 13.0. The summed E-state index contributed by atoms with van der Waals surface area (Å²) in [5.74, 6) is 0.355. The van der Waals surface area contributed by atoms with E-state index in [1.807, 2.05) is 6.07 Å². The van der Waals surface area contributed by atoms with Gasteiger partial charge in [-0.25, -0.2) is 0 Å². The third-order valence-electron chi connectivity index (χ3n) is 5.18. The minimum Gasteiger partial charge on any atom is -0.294 e. The number of carbonyl (C=O) groups is 1. The zero-order valence-electron chi connectivity index (χ0n) is 13.9. The van der Waals surface area contributed by atoms with E-state index in [2.05, 4.69) is 55.2 Å². The van der Waals surface area contributed by atoms with Gasteiger partial charge in [-0.05, 0) is 24.3 Å². The van der Waals surface area contributed by atoms with Gasteiger partial charge in [0.05, 0.1) is 5.69 Å². The molecule has 1 aromatic heterocycles. The highest BCUT2D eigenvalue weighted by atomic mass is 16.1. The van der Waals surface area contributed by atoms with Crippen LogP contribution in [0.1, 0.15) is 55.1 Å². The topological polar surface area (TPSA) is 45.8 Å². The van der Waals surface area contributed by atoms with Crippen LogP contribution in [0.15, 0.2) is 41.5 Å². The highest BCUT2D eigenvalue weighted by Gasteiger charge is 2.41. The van der Waals surface area contributed by atoms with Gasteiger partial charge in [-0.1, -0.05) is 49.8 Å². The monoisotopic (exact) mass is 306 g/mol. The molecule has 1 aromatic carbocycles. The number of aromatic amines is 1. The second-order valence-corrected chi connectivity index (χ2v) is 7.69. The van der Waals surface area contributed by atoms with Crippen LogP contribution in [0.25, 0.3) is 0 Å². The molecule has 0 saturated heterocycles. The van der Waals surface area contributed by atoms with E-state index in [1.165, 1.54) is 16.7 Å². The average molecular weight is 306 g/mol. The molecule has 0 bridgehead atoms. The molecule has 0 spiro atoms. The Kier molecular flexibility index (Phi) is 3.09. The van der Waals surface area contributed by atoms with Crippen LogP contribution in [0.3, 0.4) is 0 Å². The van der Waals surface area contributed by atoms with Crippen molar-refractivity contribution >= 4 is 5.78 Å². The summed E-state index contributed by atoms with van der Waals surface area (Å²) in [5.41, 5.74) is 6.98. The lowest BCUT2D eigenvalue weighted by Crippen LogP contribution is -2.32. The number of rotatable bonds is 1. The maximum atomic E-state index is 13.0. The first kappa shape index (κ1) is 14.4. The summed E-state index contributed by atoms with van der Waals surface area (Å²) in [7, 11) is 0. The first-order valence-corrected chi connectivity index (χ1v) is 8.30. The molecule has 0 aliphatic heterocycles. The molecule has 2 aromatic rings. The Hall–Kier alpha value is -2.16. The van der Waals surface area contributed by atoms with Crippen LogP contribution in [0.2, 0.25) is 0 Å². The van der Waals surface area contributed by atoms with Gasteiger partial charge in [0, 0.05) is 35.6 Å². The van der Waals surface area contributed by atoms with E-state index in [-0.39, 0.29) is 11.3 Å². The first-order valence-electron chi connectivity index (χ1n) is 8.30. The molecule has 1 atom stereocenters. The van der Waals surface area contributed by atoms with Crippen LogP contribution >= 0.6 is 0 Å². The fourth-order valence-corrected chi connectivity index (χ4v) is 4.32. The normalized spacial score (nSPS) is 22.7. The van der Waals surface area contributed by atoms with Gasteiger partial charge in [-0.15, -0.1) is 0 Å². The molecular weight excluding hydrogens is 284 g/mol. The molecule has 118 valence electrons. The van der Waals surface area contributed by atoms with Crippen LogP contribution in [-0.2, 0) is 11.2 Å². The number of ketones is 1. The minimum absolute atomic E-state index is 0.0392. The molecule has 0 unspecified atom stereocenters. The number of nitrogens with one attached hydrogen (secondary N) is 1. The molecule has 3 nitrogen and oxygen atoms in total. The number of carbonyl (C=O) groups excluding carboxylic acids is 1. The summed E-state index contributed by atoms with van der Waals surface area (Å²) in [4.78, 5) is 13.0. The number of Topliss-reactive ketones (excluding diaryl/α,β-unsaturated/α-hetero) is 1. The van der Waals surface area contributed by atoms with Gasteiger partial charge in [0.15, 0.2) is 5.78 Å². The van der Waals surface area contributed by atoms with E-state index >= 15 is 0 Å². The SMILES string of the molecule is Cc1[nH]nc2c1[C@H](c1ccccc1)C1=C(C2)CC(C)(C)CC1=O. The van der Waals surface area contributed by atoms with Crippen molar-refractivity contribution in [3.8, 4) is 0 Å². The molecular formula is C20H22N2O. The maximum Gasteiger partial charge on any atom is 0.160 e. The molecule has 0 radical (unpaired) electrons. The van der Waals surface area contributed by atoms with Crippen LogP contribution in [0.5, 0.6) is 0 Å². The second kappa shape index (κ2) is 4.92. The summed E-state index contributed by atoms with van der Waals surface area (Å²) in [6, 6.07) is 10.4. The molecule has 4 rings (SSSR count). The minimum atomic E-state index is 0.0392. The largest absolute Gasteiger partial charge is 0.294 e. The van der Waals surface area contributed by atoms with Gasteiger partial charge in [-0.3, -0.25) is 9.89 Å². The van der Waals surface area contributed by atoms with Crippen molar-refractivity contribution in [3.05, 3.63) is 64.0 Å².